The van der Waals surface area contributed by atoms with E-state index in [1.54, 1.807) is 7.11 Å². The molecule has 1 aliphatic rings. The summed E-state index contributed by atoms with van der Waals surface area (Å²) < 4.78 is 5.43. The molecule has 1 aromatic carbocycles. The molecule has 0 spiro atoms. The summed E-state index contributed by atoms with van der Waals surface area (Å²) >= 11 is 6.17. The van der Waals surface area contributed by atoms with Crippen LogP contribution in [0, 0.1) is 6.92 Å². The summed E-state index contributed by atoms with van der Waals surface area (Å²) in [5.74, 6) is 0.840. The molecular formula is C14H21ClN2O. The standard InChI is InChI=1S/C14H21ClN2O/c1-11-3-4-13(15)14(18-2)12(11)5-8-17-9-6-16-7-10-17/h3-4,16H,5-10H2,1-2H3. The highest BCUT2D eigenvalue weighted by atomic mass is 35.5. The average molecular weight is 269 g/mol. The van der Waals surface area contributed by atoms with E-state index in [4.69, 9.17) is 16.3 Å². The first-order valence-corrected chi connectivity index (χ1v) is 6.85. The Morgan fingerprint density at radius 1 is 1.33 bits per heavy atom. The number of hydrogen-bond donors (Lipinski definition) is 1. The molecule has 0 aromatic heterocycles. The smallest absolute Gasteiger partial charge is 0.140 e. The minimum Gasteiger partial charge on any atom is -0.495 e. The molecule has 0 aliphatic carbocycles. The lowest BCUT2D eigenvalue weighted by molar-refractivity contribution is 0.243. The highest BCUT2D eigenvalue weighted by Gasteiger charge is 2.14. The molecule has 1 N–H and O–H groups in total. The van der Waals surface area contributed by atoms with Crippen LogP contribution in [0.15, 0.2) is 12.1 Å². The van der Waals surface area contributed by atoms with Gasteiger partial charge in [-0.05, 0) is 30.5 Å². The summed E-state index contributed by atoms with van der Waals surface area (Å²) in [6.07, 6.45) is 0.996. The summed E-state index contributed by atoms with van der Waals surface area (Å²) in [5.41, 5.74) is 2.50. The lowest BCUT2D eigenvalue weighted by Crippen LogP contribution is -2.44. The quantitative estimate of drug-likeness (QED) is 0.905. The molecule has 0 radical (unpaired) electrons. The van der Waals surface area contributed by atoms with Crippen molar-refractivity contribution in [2.75, 3.05) is 39.8 Å². The maximum absolute atomic E-state index is 6.17. The minimum absolute atomic E-state index is 0.707. The highest BCUT2D eigenvalue weighted by molar-refractivity contribution is 6.32. The van der Waals surface area contributed by atoms with E-state index in [1.165, 1.54) is 11.1 Å². The zero-order valence-electron chi connectivity index (χ0n) is 11.1. The Morgan fingerprint density at radius 2 is 2.06 bits per heavy atom. The van der Waals surface area contributed by atoms with Crippen molar-refractivity contribution in [1.82, 2.24) is 10.2 Å². The number of aryl methyl sites for hydroxylation is 1. The Labute approximate surface area is 114 Å². The number of methoxy groups -OCH3 is 1. The fourth-order valence-corrected chi connectivity index (χ4v) is 2.69. The van der Waals surface area contributed by atoms with Crippen molar-refractivity contribution < 1.29 is 4.74 Å². The zero-order valence-corrected chi connectivity index (χ0v) is 11.9. The minimum atomic E-state index is 0.707. The summed E-state index contributed by atoms with van der Waals surface area (Å²) in [6.45, 7) is 7.62. The third-order valence-electron chi connectivity index (χ3n) is 3.54. The maximum atomic E-state index is 6.17. The number of halogens is 1. The molecule has 3 nitrogen and oxygen atoms in total. The normalized spacial score (nSPS) is 16.8. The molecule has 0 bridgehead atoms. The zero-order chi connectivity index (χ0) is 13.0. The van der Waals surface area contributed by atoms with Gasteiger partial charge in [0.05, 0.1) is 12.1 Å². The van der Waals surface area contributed by atoms with Crippen molar-refractivity contribution in [2.24, 2.45) is 0 Å². The van der Waals surface area contributed by atoms with Crippen LogP contribution < -0.4 is 10.1 Å². The number of benzene rings is 1. The van der Waals surface area contributed by atoms with E-state index in [2.05, 4.69) is 23.2 Å². The molecule has 1 heterocycles. The first kappa shape index (κ1) is 13.7. The van der Waals surface area contributed by atoms with Crippen molar-refractivity contribution in [3.63, 3.8) is 0 Å². The van der Waals surface area contributed by atoms with Gasteiger partial charge >= 0.3 is 0 Å². The lowest BCUT2D eigenvalue weighted by atomic mass is 10.0. The van der Waals surface area contributed by atoms with Gasteiger partial charge in [-0.25, -0.2) is 0 Å². The van der Waals surface area contributed by atoms with E-state index < -0.39 is 0 Å². The van der Waals surface area contributed by atoms with Crippen molar-refractivity contribution >= 4 is 11.6 Å². The summed E-state index contributed by atoms with van der Waals surface area (Å²) in [7, 11) is 1.69. The van der Waals surface area contributed by atoms with Crippen LogP contribution in [0.2, 0.25) is 5.02 Å². The van der Waals surface area contributed by atoms with E-state index in [0.29, 0.717) is 5.02 Å². The fourth-order valence-electron chi connectivity index (χ4n) is 2.43. The van der Waals surface area contributed by atoms with E-state index in [1.807, 2.05) is 6.07 Å². The number of nitrogens with zero attached hydrogens (tertiary/aromatic N) is 1. The Hall–Kier alpha value is -0.770. The van der Waals surface area contributed by atoms with Gasteiger partial charge in [-0.3, -0.25) is 0 Å². The van der Waals surface area contributed by atoms with Crippen LogP contribution in [0.25, 0.3) is 0 Å². The van der Waals surface area contributed by atoms with Crippen LogP contribution in [-0.2, 0) is 6.42 Å². The predicted molar refractivity (Wildman–Crippen MR) is 75.8 cm³/mol. The molecule has 4 heteroatoms. The molecular weight excluding hydrogens is 248 g/mol. The number of rotatable bonds is 4. The number of piperazine rings is 1. The number of ether oxygens (including phenoxy) is 1. The van der Waals surface area contributed by atoms with Gasteiger partial charge in [0.1, 0.15) is 5.75 Å². The van der Waals surface area contributed by atoms with Gasteiger partial charge in [0.25, 0.3) is 0 Å². The van der Waals surface area contributed by atoms with Crippen LogP contribution in [0.1, 0.15) is 11.1 Å². The van der Waals surface area contributed by atoms with E-state index in [0.717, 1.165) is 44.9 Å². The highest BCUT2D eigenvalue weighted by Crippen LogP contribution is 2.31. The van der Waals surface area contributed by atoms with E-state index >= 15 is 0 Å². The molecule has 0 amide bonds. The molecule has 1 aromatic rings. The first-order chi connectivity index (χ1) is 8.72. The number of hydrogen-bond acceptors (Lipinski definition) is 3. The lowest BCUT2D eigenvalue weighted by Gasteiger charge is -2.27. The SMILES string of the molecule is COc1c(Cl)ccc(C)c1CCN1CCNCC1. The second kappa shape index (κ2) is 6.41. The second-order valence-corrected chi connectivity index (χ2v) is 5.12. The third-order valence-corrected chi connectivity index (χ3v) is 3.84. The van der Waals surface area contributed by atoms with Gasteiger partial charge in [-0.1, -0.05) is 17.7 Å². The molecule has 0 saturated carbocycles. The van der Waals surface area contributed by atoms with Crippen molar-refractivity contribution in [3.05, 3.63) is 28.3 Å². The van der Waals surface area contributed by atoms with Gasteiger partial charge in [0.15, 0.2) is 0 Å². The molecule has 1 saturated heterocycles. The Morgan fingerprint density at radius 3 is 2.72 bits per heavy atom. The van der Waals surface area contributed by atoms with Gasteiger partial charge in [-0.15, -0.1) is 0 Å². The van der Waals surface area contributed by atoms with Crippen molar-refractivity contribution in [1.29, 1.82) is 0 Å². The largest absolute Gasteiger partial charge is 0.495 e. The summed E-state index contributed by atoms with van der Waals surface area (Å²) in [6, 6.07) is 3.97. The van der Waals surface area contributed by atoms with Gasteiger partial charge in [0.2, 0.25) is 0 Å². The number of nitrogens with one attached hydrogen (secondary N) is 1. The molecule has 100 valence electrons. The van der Waals surface area contributed by atoms with Crippen LogP contribution in [-0.4, -0.2) is 44.7 Å². The van der Waals surface area contributed by atoms with Crippen molar-refractivity contribution in [3.8, 4) is 5.75 Å². The fraction of sp³-hybridized carbons (Fsp3) is 0.571. The van der Waals surface area contributed by atoms with Crippen LogP contribution in [0.3, 0.4) is 0 Å². The third kappa shape index (κ3) is 3.16. The predicted octanol–water partition coefficient (Wildman–Crippen LogP) is 2.10. The Kier molecular flexibility index (Phi) is 4.87. The van der Waals surface area contributed by atoms with Gasteiger partial charge in [0, 0.05) is 32.7 Å². The summed E-state index contributed by atoms with van der Waals surface area (Å²) in [4.78, 5) is 2.48. The molecule has 2 rings (SSSR count). The Bertz CT molecular complexity index is 403. The van der Waals surface area contributed by atoms with Crippen LogP contribution in [0.4, 0.5) is 0 Å². The molecule has 0 unspecified atom stereocenters. The average Bonchev–Trinajstić information content (AvgIpc) is 2.41. The Balaban J connectivity index is 2.05. The van der Waals surface area contributed by atoms with Crippen molar-refractivity contribution in [2.45, 2.75) is 13.3 Å². The molecule has 18 heavy (non-hydrogen) atoms. The van der Waals surface area contributed by atoms with Gasteiger partial charge in [-0.2, -0.15) is 0 Å². The second-order valence-electron chi connectivity index (χ2n) is 4.72. The van der Waals surface area contributed by atoms with E-state index in [-0.39, 0.29) is 0 Å². The molecule has 0 atom stereocenters. The van der Waals surface area contributed by atoms with Crippen LogP contribution in [0.5, 0.6) is 5.75 Å². The van der Waals surface area contributed by atoms with Crippen LogP contribution >= 0.6 is 11.6 Å². The molecule has 1 fully saturated rings. The monoisotopic (exact) mass is 268 g/mol. The topological polar surface area (TPSA) is 24.5 Å². The summed E-state index contributed by atoms with van der Waals surface area (Å²) in [5, 5.41) is 4.08. The van der Waals surface area contributed by atoms with Gasteiger partial charge < -0.3 is 15.0 Å². The first-order valence-electron chi connectivity index (χ1n) is 6.47. The maximum Gasteiger partial charge on any atom is 0.140 e. The molecule has 1 aliphatic heterocycles. The van der Waals surface area contributed by atoms with E-state index in [9.17, 15) is 0 Å².